The van der Waals surface area contributed by atoms with Crippen molar-refractivity contribution >= 4 is 58.2 Å². The average molecular weight is 461 g/mol. The van der Waals surface area contributed by atoms with E-state index >= 15 is 0 Å². The van der Waals surface area contributed by atoms with Crippen molar-refractivity contribution in [1.82, 2.24) is 4.90 Å². The number of thiocarbonyl (C=S) groups is 1. The number of aliphatic carboxylic acids is 1. The molecule has 31 heavy (non-hydrogen) atoms. The molecule has 11 heteroatoms. The Morgan fingerprint density at radius 3 is 2.29 bits per heavy atom. The van der Waals surface area contributed by atoms with Crippen LogP contribution in [0.2, 0.25) is 0 Å². The number of methoxy groups -OCH3 is 2. The third-order valence-corrected chi connectivity index (χ3v) is 5.50. The molecule has 0 radical (unpaired) electrons. The smallest absolute Gasteiger partial charge is 0.337 e. The van der Waals surface area contributed by atoms with E-state index in [1.807, 2.05) is 0 Å². The van der Waals surface area contributed by atoms with Crippen LogP contribution in [0.3, 0.4) is 0 Å². The van der Waals surface area contributed by atoms with Gasteiger partial charge in [-0.25, -0.2) is 9.59 Å². The number of amides is 1. The second-order valence-electron chi connectivity index (χ2n) is 6.15. The van der Waals surface area contributed by atoms with E-state index in [4.69, 9.17) is 31.2 Å². The highest BCUT2D eigenvalue weighted by atomic mass is 32.2. The lowest BCUT2D eigenvalue weighted by molar-refractivity contribution is -0.140. The quantitative estimate of drug-likeness (QED) is 0.390. The van der Waals surface area contributed by atoms with E-state index in [2.05, 4.69) is 0 Å². The number of hydrogen-bond acceptors (Lipinski definition) is 9. The fourth-order valence-corrected chi connectivity index (χ4v) is 3.96. The topological polar surface area (TPSA) is 123 Å². The van der Waals surface area contributed by atoms with Crippen molar-refractivity contribution in [3.63, 3.8) is 0 Å². The van der Waals surface area contributed by atoms with Crippen LogP contribution >= 0.6 is 24.0 Å². The molecule has 2 heterocycles. The number of thioether (sulfide) groups is 1. The molecule has 0 saturated carbocycles. The molecule has 1 aromatic carbocycles. The van der Waals surface area contributed by atoms with Crippen LogP contribution in [0.1, 0.15) is 26.5 Å². The first-order valence-electron chi connectivity index (χ1n) is 8.62. The molecule has 2 aromatic rings. The van der Waals surface area contributed by atoms with E-state index in [1.54, 1.807) is 12.1 Å². The first-order valence-corrected chi connectivity index (χ1v) is 9.85. The normalized spacial score (nSPS) is 14.8. The van der Waals surface area contributed by atoms with Gasteiger partial charge in [-0.1, -0.05) is 24.0 Å². The van der Waals surface area contributed by atoms with Gasteiger partial charge >= 0.3 is 17.9 Å². The molecule has 160 valence electrons. The molecule has 9 nitrogen and oxygen atoms in total. The van der Waals surface area contributed by atoms with E-state index in [1.165, 1.54) is 38.5 Å². The van der Waals surface area contributed by atoms with E-state index in [0.717, 1.165) is 16.7 Å². The summed E-state index contributed by atoms with van der Waals surface area (Å²) in [5.41, 5.74) is 0.683. The number of ether oxygens (including phenoxy) is 2. The molecule has 0 bridgehead atoms. The van der Waals surface area contributed by atoms with Gasteiger partial charge < -0.3 is 19.0 Å². The third kappa shape index (κ3) is 4.84. The maximum atomic E-state index is 12.4. The summed E-state index contributed by atoms with van der Waals surface area (Å²) < 4.78 is 15.3. The molecule has 1 saturated heterocycles. The Morgan fingerprint density at radius 2 is 1.74 bits per heavy atom. The number of carbonyl (C=O) groups is 4. The molecule has 1 aliphatic heterocycles. The summed E-state index contributed by atoms with van der Waals surface area (Å²) in [7, 11) is 2.44. The maximum Gasteiger partial charge on any atom is 0.337 e. The van der Waals surface area contributed by atoms with Crippen LogP contribution in [0, 0.1) is 0 Å². The van der Waals surface area contributed by atoms with Crippen LogP contribution in [0.4, 0.5) is 0 Å². The first-order chi connectivity index (χ1) is 14.7. The van der Waals surface area contributed by atoms with Gasteiger partial charge in [0.25, 0.3) is 5.91 Å². The van der Waals surface area contributed by atoms with E-state index < -0.39 is 30.4 Å². The lowest BCUT2D eigenvalue weighted by atomic mass is 10.0. The molecule has 1 aromatic heterocycles. The predicted molar refractivity (Wildman–Crippen MR) is 114 cm³/mol. The second kappa shape index (κ2) is 9.14. The van der Waals surface area contributed by atoms with E-state index in [0.29, 0.717) is 17.1 Å². The van der Waals surface area contributed by atoms with E-state index in [9.17, 15) is 19.2 Å². The van der Waals surface area contributed by atoms with Gasteiger partial charge in [-0.05, 0) is 30.3 Å². The largest absolute Gasteiger partial charge is 0.480 e. The van der Waals surface area contributed by atoms with Crippen molar-refractivity contribution < 1.29 is 38.2 Å². The van der Waals surface area contributed by atoms with Gasteiger partial charge in [-0.15, -0.1) is 0 Å². The van der Waals surface area contributed by atoms with Gasteiger partial charge in [0.15, 0.2) is 0 Å². The minimum atomic E-state index is -1.18. The minimum Gasteiger partial charge on any atom is -0.480 e. The summed E-state index contributed by atoms with van der Waals surface area (Å²) in [4.78, 5) is 48.4. The summed E-state index contributed by atoms with van der Waals surface area (Å²) in [5, 5.41) is 8.91. The van der Waals surface area contributed by atoms with Gasteiger partial charge in [-0.3, -0.25) is 14.5 Å². The molecule has 0 unspecified atom stereocenters. The summed E-state index contributed by atoms with van der Waals surface area (Å²) >= 11 is 6.02. The van der Waals surface area contributed by atoms with Gasteiger partial charge in [0.05, 0.1) is 30.3 Å². The Bertz CT molecular complexity index is 1100. The second-order valence-corrected chi connectivity index (χ2v) is 7.82. The van der Waals surface area contributed by atoms with Gasteiger partial charge in [0.1, 0.15) is 22.4 Å². The molecular weight excluding hydrogens is 446 g/mol. The van der Waals surface area contributed by atoms with Crippen LogP contribution in [0.5, 0.6) is 0 Å². The molecule has 0 aliphatic carbocycles. The predicted octanol–water partition coefficient (Wildman–Crippen LogP) is 2.81. The highest BCUT2D eigenvalue weighted by Crippen LogP contribution is 2.33. The van der Waals surface area contributed by atoms with Crippen LogP contribution in [-0.2, 0) is 19.1 Å². The van der Waals surface area contributed by atoms with Crippen molar-refractivity contribution in [3.05, 3.63) is 52.1 Å². The Balaban J connectivity index is 1.93. The minimum absolute atomic E-state index is 0.132. The van der Waals surface area contributed by atoms with Crippen LogP contribution in [0.25, 0.3) is 17.4 Å². The lowest BCUT2D eigenvalue weighted by Crippen LogP contribution is -2.33. The SMILES string of the molecule is COC(=O)c1cc(C(=O)OC)cc(-c2ccc(/C=C3/SC(=S)N(CC(=O)O)C3=O)o2)c1. The van der Waals surface area contributed by atoms with Crippen molar-refractivity contribution in [2.45, 2.75) is 0 Å². The zero-order valence-electron chi connectivity index (χ0n) is 16.2. The molecule has 3 rings (SSSR count). The average Bonchev–Trinajstić information content (AvgIpc) is 3.32. The highest BCUT2D eigenvalue weighted by molar-refractivity contribution is 8.26. The highest BCUT2D eigenvalue weighted by Gasteiger charge is 2.33. The summed E-state index contributed by atoms with van der Waals surface area (Å²) in [6, 6.07) is 7.52. The standard InChI is InChI=1S/C20H15NO8S2/c1-27-18(25)11-5-10(6-12(7-11)19(26)28-2)14-4-3-13(29-14)8-15-17(24)21(9-16(22)23)20(30)31-15/h3-8H,9H2,1-2H3,(H,22,23)/b15-8+. The van der Waals surface area contributed by atoms with Crippen molar-refractivity contribution in [2.75, 3.05) is 20.8 Å². The number of furan rings is 1. The molecule has 1 aliphatic rings. The number of carboxylic acid groups (broad SMARTS) is 1. The summed E-state index contributed by atoms with van der Waals surface area (Å²) in [6.07, 6.45) is 1.44. The summed E-state index contributed by atoms with van der Waals surface area (Å²) in [5.74, 6) is -2.36. The summed E-state index contributed by atoms with van der Waals surface area (Å²) in [6.45, 7) is -0.526. The number of carboxylic acids is 1. The zero-order valence-corrected chi connectivity index (χ0v) is 17.9. The van der Waals surface area contributed by atoms with Gasteiger partial charge in [0.2, 0.25) is 0 Å². The van der Waals surface area contributed by atoms with Crippen molar-refractivity contribution in [2.24, 2.45) is 0 Å². The van der Waals surface area contributed by atoms with Crippen molar-refractivity contribution in [1.29, 1.82) is 0 Å². The zero-order chi connectivity index (χ0) is 22.7. The maximum absolute atomic E-state index is 12.4. The first kappa shape index (κ1) is 22.2. The van der Waals surface area contributed by atoms with Gasteiger partial charge in [0, 0.05) is 11.6 Å². The Morgan fingerprint density at radius 1 is 1.13 bits per heavy atom. The molecule has 1 amide bonds. The van der Waals surface area contributed by atoms with Gasteiger partial charge in [-0.2, -0.15) is 0 Å². The molecule has 1 fully saturated rings. The lowest BCUT2D eigenvalue weighted by Gasteiger charge is -2.09. The number of hydrogen-bond donors (Lipinski definition) is 1. The monoisotopic (exact) mass is 461 g/mol. The number of nitrogens with zero attached hydrogens (tertiary/aromatic N) is 1. The Kier molecular flexibility index (Phi) is 6.56. The van der Waals surface area contributed by atoms with E-state index in [-0.39, 0.29) is 20.4 Å². The van der Waals surface area contributed by atoms with Crippen LogP contribution in [-0.4, -0.2) is 58.9 Å². The Hall–Kier alpha value is -3.44. The molecule has 1 N–H and O–H groups in total. The molecule has 0 atom stereocenters. The molecule has 0 spiro atoms. The number of rotatable bonds is 6. The third-order valence-electron chi connectivity index (χ3n) is 4.13. The number of esters is 2. The fraction of sp³-hybridized carbons (Fsp3) is 0.150. The van der Waals surface area contributed by atoms with Crippen LogP contribution < -0.4 is 0 Å². The number of benzene rings is 1. The van der Waals surface area contributed by atoms with Crippen LogP contribution in [0.15, 0.2) is 39.7 Å². The fourth-order valence-electron chi connectivity index (χ4n) is 2.73. The number of carbonyl (C=O) groups excluding carboxylic acids is 3. The van der Waals surface area contributed by atoms with Crippen molar-refractivity contribution in [3.8, 4) is 11.3 Å². The molecular formula is C20H15NO8S2. The Labute approximate surface area is 185 Å².